The Kier molecular flexibility index (Phi) is 3.93. The van der Waals surface area contributed by atoms with Crippen LogP contribution >= 0.6 is 0 Å². The molecule has 0 bridgehead atoms. The zero-order chi connectivity index (χ0) is 16.4. The predicted molar refractivity (Wildman–Crippen MR) is 93.2 cm³/mol. The van der Waals surface area contributed by atoms with E-state index >= 15 is 0 Å². The molecule has 0 radical (unpaired) electrons. The smallest absolute Gasteiger partial charge is 0.175 e. The molecule has 5 nitrogen and oxygen atoms in total. The summed E-state index contributed by atoms with van der Waals surface area (Å²) >= 11 is 0. The number of nitrogens with one attached hydrogen (secondary N) is 1. The SMILES string of the molecule is CC(=O)c1cc2cc(/N=N/c3ccc(N(C)C)cc3)ccc2[nH]1. The van der Waals surface area contributed by atoms with E-state index in [1.54, 1.807) is 6.92 Å². The van der Waals surface area contributed by atoms with Gasteiger partial charge in [0.15, 0.2) is 5.78 Å². The van der Waals surface area contributed by atoms with Crippen molar-refractivity contribution in [2.24, 2.45) is 10.2 Å². The zero-order valence-electron chi connectivity index (χ0n) is 13.4. The molecule has 23 heavy (non-hydrogen) atoms. The molecule has 116 valence electrons. The van der Waals surface area contributed by atoms with Gasteiger partial charge in [0.25, 0.3) is 0 Å². The van der Waals surface area contributed by atoms with E-state index < -0.39 is 0 Å². The van der Waals surface area contributed by atoms with Gasteiger partial charge in [0.1, 0.15) is 0 Å². The van der Waals surface area contributed by atoms with Gasteiger partial charge in [0, 0.05) is 37.6 Å². The number of H-pyrrole nitrogens is 1. The summed E-state index contributed by atoms with van der Waals surface area (Å²) in [6.07, 6.45) is 0. The van der Waals surface area contributed by atoms with Crippen LogP contribution < -0.4 is 4.90 Å². The molecule has 0 amide bonds. The van der Waals surface area contributed by atoms with Crippen LogP contribution in [0.15, 0.2) is 58.8 Å². The van der Waals surface area contributed by atoms with Crippen LogP contribution in [0.2, 0.25) is 0 Å². The van der Waals surface area contributed by atoms with Gasteiger partial charge in [-0.25, -0.2) is 0 Å². The lowest BCUT2D eigenvalue weighted by molar-refractivity contribution is 0.101. The van der Waals surface area contributed by atoms with Crippen molar-refractivity contribution in [2.75, 3.05) is 19.0 Å². The van der Waals surface area contributed by atoms with Crippen LogP contribution in [-0.2, 0) is 0 Å². The van der Waals surface area contributed by atoms with Crippen molar-refractivity contribution in [2.45, 2.75) is 6.92 Å². The summed E-state index contributed by atoms with van der Waals surface area (Å²) in [6.45, 7) is 1.54. The quantitative estimate of drug-likeness (QED) is 0.553. The monoisotopic (exact) mass is 306 g/mol. The van der Waals surface area contributed by atoms with E-state index in [9.17, 15) is 4.79 Å². The maximum atomic E-state index is 11.4. The zero-order valence-corrected chi connectivity index (χ0v) is 13.4. The number of nitrogens with zero attached hydrogens (tertiary/aromatic N) is 3. The van der Waals surface area contributed by atoms with Gasteiger partial charge in [-0.05, 0) is 48.5 Å². The van der Waals surface area contributed by atoms with Gasteiger partial charge < -0.3 is 9.88 Å². The number of hydrogen-bond donors (Lipinski definition) is 1. The molecule has 0 unspecified atom stereocenters. The molecule has 1 aromatic heterocycles. The first-order valence-corrected chi connectivity index (χ1v) is 7.36. The summed E-state index contributed by atoms with van der Waals surface area (Å²) in [6, 6.07) is 15.4. The number of hydrogen-bond acceptors (Lipinski definition) is 4. The Bertz CT molecular complexity index is 876. The first kappa shape index (κ1) is 15.0. The highest BCUT2D eigenvalue weighted by molar-refractivity contribution is 5.98. The van der Waals surface area contributed by atoms with Crippen LogP contribution in [0.3, 0.4) is 0 Å². The summed E-state index contributed by atoms with van der Waals surface area (Å²) in [5.41, 5.74) is 4.20. The van der Waals surface area contributed by atoms with E-state index in [0.29, 0.717) is 5.69 Å². The number of fused-ring (bicyclic) bond motifs is 1. The van der Waals surface area contributed by atoms with Gasteiger partial charge in [-0.3, -0.25) is 4.79 Å². The van der Waals surface area contributed by atoms with Crippen LogP contribution in [0.25, 0.3) is 10.9 Å². The van der Waals surface area contributed by atoms with Crippen molar-refractivity contribution in [1.82, 2.24) is 4.98 Å². The first-order chi connectivity index (χ1) is 11.0. The molecule has 0 atom stereocenters. The molecule has 0 aliphatic carbocycles. The largest absolute Gasteiger partial charge is 0.378 e. The Hall–Kier alpha value is -2.95. The minimum absolute atomic E-state index is 0.0189. The molecule has 5 heteroatoms. The third-order valence-electron chi connectivity index (χ3n) is 3.63. The highest BCUT2D eigenvalue weighted by atomic mass is 16.1. The molecule has 0 saturated carbocycles. The fraction of sp³-hybridized carbons (Fsp3) is 0.167. The Morgan fingerprint density at radius 1 is 0.957 bits per heavy atom. The molecule has 0 aliphatic rings. The van der Waals surface area contributed by atoms with E-state index in [1.807, 2.05) is 67.5 Å². The normalized spacial score (nSPS) is 11.3. The van der Waals surface area contributed by atoms with Crippen LogP contribution in [0, 0.1) is 0 Å². The number of aromatic amines is 1. The second-order valence-corrected chi connectivity index (χ2v) is 5.62. The minimum atomic E-state index is 0.0189. The second-order valence-electron chi connectivity index (χ2n) is 5.62. The average molecular weight is 306 g/mol. The second kappa shape index (κ2) is 6.04. The first-order valence-electron chi connectivity index (χ1n) is 7.36. The van der Waals surface area contributed by atoms with Gasteiger partial charge in [-0.1, -0.05) is 0 Å². The van der Waals surface area contributed by atoms with E-state index in [1.165, 1.54) is 0 Å². The molecule has 0 spiro atoms. The highest BCUT2D eigenvalue weighted by Crippen LogP contribution is 2.25. The maximum absolute atomic E-state index is 11.4. The van der Waals surface area contributed by atoms with Crippen LogP contribution in [0.5, 0.6) is 0 Å². The molecular formula is C18H18N4O. The Morgan fingerprint density at radius 3 is 2.26 bits per heavy atom. The average Bonchev–Trinajstić information content (AvgIpc) is 2.97. The van der Waals surface area contributed by atoms with E-state index in [2.05, 4.69) is 15.2 Å². The van der Waals surface area contributed by atoms with Gasteiger partial charge in [0.2, 0.25) is 0 Å². The van der Waals surface area contributed by atoms with E-state index in [0.717, 1.165) is 28.0 Å². The van der Waals surface area contributed by atoms with Crippen LogP contribution in [-0.4, -0.2) is 24.9 Å². The topological polar surface area (TPSA) is 60.8 Å². The number of ketones is 1. The lowest BCUT2D eigenvalue weighted by atomic mass is 10.2. The van der Waals surface area contributed by atoms with E-state index in [-0.39, 0.29) is 5.78 Å². The van der Waals surface area contributed by atoms with Gasteiger partial charge >= 0.3 is 0 Å². The summed E-state index contributed by atoms with van der Waals surface area (Å²) in [7, 11) is 4.00. The Balaban J connectivity index is 1.84. The summed E-state index contributed by atoms with van der Waals surface area (Å²) in [5.74, 6) is 0.0189. The number of carbonyl (C=O) groups excluding carboxylic acids is 1. The molecule has 1 heterocycles. The lowest BCUT2D eigenvalue weighted by Crippen LogP contribution is -2.07. The van der Waals surface area contributed by atoms with Gasteiger partial charge in [-0.2, -0.15) is 10.2 Å². The standard InChI is InChI=1S/C18H18N4O/c1-12(23)18-11-13-10-15(6-9-17(13)19-18)21-20-14-4-7-16(8-5-14)22(2)3/h4-11,19H,1-3H3/b21-20+. The van der Waals surface area contributed by atoms with Crippen molar-refractivity contribution >= 4 is 33.7 Å². The molecule has 2 aromatic carbocycles. The van der Waals surface area contributed by atoms with Crippen molar-refractivity contribution in [1.29, 1.82) is 0 Å². The number of rotatable bonds is 4. The molecule has 0 saturated heterocycles. The Labute approximate surface area is 134 Å². The highest BCUT2D eigenvalue weighted by Gasteiger charge is 2.05. The van der Waals surface area contributed by atoms with Crippen LogP contribution in [0.4, 0.5) is 17.1 Å². The number of azo groups is 1. The van der Waals surface area contributed by atoms with Crippen molar-refractivity contribution in [3.8, 4) is 0 Å². The summed E-state index contributed by atoms with van der Waals surface area (Å²) in [5, 5.41) is 9.48. The maximum Gasteiger partial charge on any atom is 0.175 e. The van der Waals surface area contributed by atoms with E-state index in [4.69, 9.17) is 0 Å². The number of anilines is 1. The molecule has 0 aliphatic heterocycles. The molecule has 3 rings (SSSR count). The van der Waals surface area contributed by atoms with Crippen molar-refractivity contribution in [3.63, 3.8) is 0 Å². The summed E-state index contributed by atoms with van der Waals surface area (Å²) < 4.78 is 0. The fourth-order valence-electron chi connectivity index (χ4n) is 2.30. The minimum Gasteiger partial charge on any atom is -0.378 e. The third kappa shape index (κ3) is 3.29. The van der Waals surface area contributed by atoms with Gasteiger partial charge in [0.05, 0.1) is 17.1 Å². The number of benzene rings is 2. The molecule has 1 N–H and O–H groups in total. The Morgan fingerprint density at radius 2 is 1.61 bits per heavy atom. The third-order valence-corrected chi connectivity index (χ3v) is 3.63. The number of Topliss-reactive ketones (excluding diaryl/α,β-unsaturated/α-hetero) is 1. The van der Waals surface area contributed by atoms with Gasteiger partial charge in [-0.15, -0.1) is 0 Å². The molecule has 0 fully saturated rings. The predicted octanol–water partition coefficient (Wildman–Crippen LogP) is 4.85. The summed E-state index contributed by atoms with van der Waals surface area (Å²) in [4.78, 5) is 16.5. The van der Waals surface area contributed by atoms with Crippen molar-refractivity contribution < 1.29 is 4.79 Å². The molecule has 3 aromatic rings. The number of carbonyl (C=O) groups is 1. The number of aromatic nitrogens is 1. The molecular weight excluding hydrogens is 288 g/mol. The lowest BCUT2D eigenvalue weighted by Gasteiger charge is -2.11. The van der Waals surface area contributed by atoms with Crippen LogP contribution in [0.1, 0.15) is 17.4 Å². The fourth-order valence-corrected chi connectivity index (χ4v) is 2.30. The van der Waals surface area contributed by atoms with Crippen molar-refractivity contribution in [3.05, 3.63) is 54.2 Å².